The van der Waals surface area contributed by atoms with Gasteiger partial charge in [-0.1, -0.05) is 0 Å². The van der Waals surface area contributed by atoms with Gasteiger partial charge >= 0.3 is 229 Å². The van der Waals surface area contributed by atoms with Crippen molar-refractivity contribution in [2.45, 2.75) is 87.1 Å². The Bertz CT molecular complexity index is 973. The SMILES string of the molecule is CC(C)(C)[Si](C)(C)OCC1N([Si](C)(C)C(C)(C)C)C(=O)C1([Se]c1ccccc1)[Se]c1ccccc1. The van der Waals surface area contributed by atoms with Gasteiger partial charge in [0.05, 0.1) is 0 Å². The third kappa shape index (κ3) is 5.77. The third-order valence-electron chi connectivity index (χ3n) is 8.14. The van der Waals surface area contributed by atoms with Gasteiger partial charge in [0.2, 0.25) is 0 Å². The molecule has 1 heterocycles. The van der Waals surface area contributed by atoms with Crippen LogP contribution in [0.1, 0.15) is 41.5 Å². The maximum absolute atomic E-state index is 14.5. The second-order valence-electron chi connectivity index (χ2n) is 12.6. The minimum absolute atomic E-state index is 0.0293. The summed E-state index contributed by atoms with van der Waals surface area (Å²) in [6.45, 7) is 23.9. The van der Waals surface area contributed by atoms with Crippen molar-refractivity contribution in [1.29, 1.82) is 0 Å². The van der Waals surface area contributed by atoms with Gasteiger partial charge in [0, 0.05) is 0 Å². The molecule has 0 saturated carbocycles. The van der Waals surface area contributed by atoms with E-state index in [9.17, 15) is 4.79 Å². The Morgan fingerprint density at radius 3 is 1.60 bits per heavy atom. The number of β-lactam (4-membered cyclic amide) rings is 1. The van der Waals surface area contributed by atoms with Gasteiger partial charge in [-0.05, 0) is 0 Å². The van der Waals surface area contributed by atoms with E-state index in [-0.39, 0.29) is 49.2 Å². The van der Waals surface area contributed by atoms with Gasteiger partial charge in [0.15, 0.2) is 0 Å². The zero-order valence-electron chi connectivity index (χ0n) is 23.1. The second-order valence-corrected chi connectivity index (χ2v) is 29.3. The van der Waals surface area contributed by atoms with E-state index in [0.29, 0.717) is 12.5 Å². The molecule has 1 atom stereocenters. The zero-order valence-corrected chi connectivity index (χ0v) is 28.6. The van der Waals surface area contributed by atoms with Crippen molar-refractivity contribution in [3.8, 4) is 0 Å². The fraction of sp³-hybridized carbons (Fsp3) is 0.536. The van der Waals surface area contributed by atoms with E-state index in [1.807, 2.05) is 0 Å². The fourth-order valence-corrected chi connectivity index (χ4v) is 15.5. The fourth-order valence-electron chi connectivity index (χ4n) is 3.82. The van der Waals surface area contributed by atoms with Crippen molar-refractivity contribution in [2.75, 3.05) is 6.61 Å². The first kappa shape index (κ1) is 28.9. The van der Waals surface area contributed by atoms with Gasteiger partial charge < -0.3 is 0 Å². The standard InChI is InChI=1S/C28H43NO2Se2Si2/c1-26(2,3)34(7,8)29-24(21-31-35(9,10)27(4,5)6)28(25(29)30,32-22-17-13-11-14-18-22)33-23-19-15-12-16-20-23/h11-20,24H,21H2,1-10H3. The van der Waals surface area contributed by atoms with Crippen LogP contribution in [0.4, 0.5) is 0 Å². The van der Waals surface area contributed by atoms with Crippen LogP contribution in [0.3, 0.4) is 0 Å². The first-order valence-electron chi connectivity index (χ1n) is 12.5. The van der Waals surface area contributed by atoms with Crippen LogP contribution >= 0.6 is 0 Å². The summed E-state index contributed by atoms with van der Waals surface area (Å²) < 4.78 is 11.5. The molecule has 1 saturated heterocycles. The Labute approximate surface area is 228 Å². The number of carbonyl (C=O) groups is 1. The summed E-state index contributed by atoms with van der Waals surface area (Å²) in [6, 6.07) is 21.5. The Morgan fingerprint density at radius 2 is 1.23 bits per heavy atom. The molecule has 192 valence electrons. The number of hydrogen-bond acceptors (Lipinski definition) is 2. The van der Waals surface area contributed by atoms with Gasteiger partial charge in [-0.3, -0.25) is 0 Å². The summed E-state index contributed by atoms with van der Waals surface area (Å²) >= 11 is 0.0585. The normalized spacial score (nSPS) is 19.0. The van der Waals surface area contributed by atoms with Gasteiger partial charge in [0.1, 0.15) is 0 Å². The van der Waals surface area contributed by atoms with Crippen molar-refractivity contribution in [1.82, 2.24) is 4.57 Å². The Balaban J connectivity index is 2.09. The topological polar surface area (TPSA) is 29.5 Å². The van der Waals surface area contributed by atoms with E-state index in [4.69, 9.17) is 4.43 Å². The van der Waals surface area contributed by atoms with E-state index in [1.54, 1.807) is 0 Å². The van der Waals surface area contributed by atoms with Crippen LogP contribution in [0.5, 0.6) is 0 Å². The third-order valence-corrected chi connectivity index (χ3v) is 25.1. The predicted octanol–water partition coefficient (Wildman–Crippen LogP) is 5.40. The number of amides is 1. The molecule has 2 aromatic carbocycles. The number of benzene rings is 2. The van der Waals surface area contributed by atoms with Crippen LogP contribution < -0.4 is 8.92 Å². The molecule has 3 rings (SSSR count). The molecule has 0 bridgehead atoms. The summed E-state index contributed by atoms with van der Waals surface area (Å²) in [5, 5.41) is 0.226. The molecule has 0 aliphatic carbocycles. The van der Waals surface area contributed by atoms with Gasteiger partial charge in [0.25, 0.3) is 0 Å². The molecule has 0 radical (unpaired) electrons. The van der Waals surface area contributed by atoms with E-state index in [2.05, 4.69) is 133 Å². The van der Waals surface area contributed by atoms with Crippen molar-refractivity contribution in [3.63, 3.8) is 0 Å². The summed E-state index contributed by atoms with van der Waals surface area (Å²) in [6.07, 6.45) is 0. The van der Waals surface area contributed by atoms with Crippen molar-refractivity contribution in [3.05, 3.63) is 60.7 Å². The molecule has 1 aliphatic rings. The van der Waals surface area contributed by atoms with Gasteiger partial charge in [-0.25, -0.2) is 0 Å². The molecule has 0 aromatic heterocycles. The molecule has 0 N–H and O–H groups in total. The van der Waals surface area contributed by atoms with Crippen LogP contribution in [-0.4, -0.2) is 69.6 Å². The second kappa shape index (κ2) is 10.2. The minimum atomic E-state index is -2.07. The Morgan fingerprint density at radius 1 is 0.800 bits per heavy atom. The molecule has 1 fully saturated rings. The molecule has 35 heavy (non-hydrogen) atoms. The molecule has 7 heteroatoms. The van der Waals surface area contributed by atoms with E-state index in [1.165, 1.54) is 8.92 Å². The van der Waals surface area contributed by atoms with Crippen LogP contribution in [0.25, 0.3) is 0 Å². The van der Waals surface area contributed by atoms with Crippen molar-refractivity contribution < 1.29 is 9.22 Å². The first-order chi connectivity index (χ1) is 16.0. The zero-order chi connectivity index (χ0) is 26.3. The molecule has 1 amide bonds. The summed E-state index contributed by atoms with van der Waals surface area (Å²) in [4.78, 5) is 14.5. The van der Waals surface area contributed by atoms with E-state index < -0.39 is 16.6 Å². The number of carbonyl (C=O) groups excluding carboxylic acids is 1. The molecule has 1 aliphatic heterocycles. The number of hydrogen-bond donors (Lipinski definition) is 0. The number of nitrogens with zero attached hydrogens (tertiary/aromatic N) is 1. The van der Waals surface area contributed by atoms with E-state index >= 15 is 0 Å². The molecule has 1 unspecified atom stereocenters. The van der Waals surface area contributed by atoms with Crippen molar-refractivity contribution >= 4 is 61.3 Å². The average Bonchev–Trinajstić information content (AvgIpc) is 2.75. The van der Waals surface area contributed by atoms with Gasteiger partial charge in [-0.15, -0.1) is 0 Å². The number of rotatable bonds is 8. The molecule has 0 spiro atoms. The van der Waals surface area contributed by atoms with Crippen LogP contribution in [0, 0.1) is 0 Å². The first-order valence-corrected chi connectivity index (χ1v) is 21.8. The van der Waals surface area contributed by atoms with Crippen molar-refractivity contribution in [2.24, 2.45) is 0 Å². The van der Waals surface area contributed by atoms with Gasteiger partial charge in [-0.2, -0.15) is 0 Å². The molecular formula is C28H43NO2Se2Si2. The Hall–Kier alpha value is -0.657. The van der Waals surface area contributed by atoms with E-state index in [0.717, 1.165) is 0 Å². The predicted molar refractivity (Wildman–Crippen MR) is 157 cm³/mol. The summed E-state index contributed by atoms with van der Waals surface area (Å²) in [5.74, 6) is 0.376. The van der Waals surface area contributed by atoms with Crippen LogP contribution in [-0.2, 0) is 9.22 Å². The monoisotopic (exact) mass is 641 g/mol. The maximum atomic E-state index is 14.5. The quantitative estimate of drug-likeness (QED) is 0.286. The summed E-state index contributed by atoms with van der Waals surface area (Å²) in [7, 11) is -4.04. The Kier molecular flexibility index (Phi) is 8.46. The summed E-state index contributed by atoms with van der Waals surface area (Å²) in [5.41, 5.74) is 0. The molecular weight excluding hydrogens is 596 g/mol. The average molecular weight is 640 g/mol. The molecule has 3 nitrogen and oxygen atoms in total. The van der Waals surface area contributed by atoms with Crippen LogP contribution in [0.2, 0.25) is 39.5 Å². The van der Waals surface area contributed by atoms with Crippen LogP contribution in [0.15, 0.2) is 60.7 Å². The molecule has 2 aromatic rings.